The summed E-state index contributed by atoms with van der Waals surface area (Å²) in [5.74, 6) is -3.11. The van der Waals surface area contributed by atoms with Gasteiger partial charge in [0, 0.05) is 6.42 Å². The van der Waals surface area contributed by atoms with Gasteiger partial charge in [0.1, 0.15) is 17.8 Å². The summed E-state index contributed by atoms with van der Waals surface area (Å²) in [5.41, 5.74) is 7.35. The van der Waals surface area contributed by atoms with Gasteiger partial charge in [-0.25, -0.2) is 4.79 Å². The van der Waals surface area contributed by atoms with Gasteiger partial charge in [-0.15, -0.1) is 0 Å². The van der Waals surface area contributed by atoms with E-state index in [4.69, 9.17) is 5.73 Å². The Morgan fingerprint density at radius 2 is 1.43 bits per heavy atom. The van der Waals surface area contributed by atoms with Crippen molar-refractivity contribution in [2.45, 2.75) is 37.4 Å². The molecule has 0 aliphatic carbocycles. The lowest BCUT2D eigenvalue weighted by atomic mass is 10.0. The number of aliphatic carboxylic acids is 1. The van der Waals surface area contributed by atoms with Gasteiger partial charge in [0.15, 0.2) is 0 Å². The highest BCUT2D eigenvalue weighted by Crippen LogP contribution is 2.11. The van der Waals surface area contributed by atoms with E-state index in [0.29, 0.717) is 5.75 Å². The Balaban J connectivity index is 1.88. The van der Waals surface area contributed by atoms with Crippen molar-refractivity contribution >= 4 is 41.4 Å². The molecule has 0 saturated heterocycles. The molecule has 0 fully saturated rings. The molecule has 2 aromatic rings. The van der Waals surface area contributed by atoms with Crippen LogP contribution in [0.1, 0.15) is 17.5 Å². The standard InChI is InChI=1S/C27H35N5O7S/c1-40-12-11-21(27(38)39)32-26(37)22(14-17-5-3-2-4-6-17)31-24(35)16-29-23(34)15-30-25(36)20(28)13-18-7-9-19(33)10-8-18/h2-10,20-22,33H,11-16,28H2,1H3,(H,29,34)(H,30,36)(H,31,35)(H,32,37)(H,38,39)/t20-,21+,22-/m0/s1. The Bertz CT molecular complexity index is 1150. The lowest BCUT2D eigenvalue weighted by Gasteiger charge is -2.22. The van der Waals surface area contributed by atoms with Crippen LogP contribution in [0.4, 0.5) is 0 Å². The fourth-order valence-corrected chi connectivity index (χ4v) is 4.06. The van der Waals surface area contributed by atoms with Crippen LogP contribution in [0, 0.1) is 0 Å². The molecule has 0 aliphatic heterocycles. The lowest BCUT2D eigenvalue weighted by molar-refractivity contribution is -0.142. The maximum absolute atomic E-state index is 12.9. The molecular weight excluding hydrogens is 538 g/mol. The topological polar surface area (TPSA) is 200 Å². The normalized spacial score (nSPS) is 12.8. The van der Waals surface area contributed by atoms with Crippen LogP contribution in [0.3, 0.4) is 0 Å². The van der Waals surface area contributed by atoms with Crippen molar-refractivity contribution in [1.29, 1.82) is 0 Å². The van der Waals surface area contributed by atoms with Crippen LogP contribution in [0.5, 0.6) is 5.75 Å². The van der Waals surface area contributed by atoms with Crippen molar-refractivity contribution in [2.75, 3.05) is 25.1 Å². The first-order valence-corrected chi connectivity index (χ1v) is 13.9. The van der Waals surface area contributed by atoms with Crippen molar-refractivity contribution in [3.63, 3.8) is 0 Å². The van der Waals surface area contributed by atoms with Gasteiger partial charge >= 0.3 is 5.97 Å². The van der Waals surface area contributed by atoms with Crippen LogP contribution in [0.25, 0.3) is 0 Å². The minimum absolute atomic E-state index is 0.0881. The molecule has 0 aromatic heterocycles. The first kappa shape index (κ1) is 32.1. The zero-order valence-electron chi connectivity index (χ0n) is 22.1. The molecule has 12 nitrogen and oxygen atoms in total. The van der Waals surface area contributed by atoms with Crippen LogP contribution in [0.2, 0.25) is 0 Å². The Labute approximate surface area is 236 Å². The minimum Gasteiger partial charge on any atom is -0.508 e. The van der Waals surface area contributed by atoms with Gasteiger partial charge in [-0.2, -0.15) is 11.8 Å². The van der Waals surface area contributed by atoms with E-state index in [9.17, 15) is 34.2 Å². The highest BCUT2D eigenvalue weighted by atomic mass is 32.2. The van der Waals surface area contributed by atoms with Gasteiger partial charge in [0.25, 0.3) is 0 Å². The number of benzene rings is 2. The van der Waals surface area contributed by atoms with E-state index in [-0.39, 0.29) is 25.0 Å². The summed E-state index contributed by atoms with van der Waals surface area (Å²) in [7, 11) is 0. The number of nitrogens with one attached hydrogen (secondary N) is 4. The molecule has 0 spiro atoms. The first-order valence-electron chi connectivity index (χ1n) is 12.5. The second-order valence-electron chi connectivity index (χ2n) is 8.96. The van der Waals surface area contributed by atoms with Gasteiger partial charge in [-0.05, 0) is 48.1 Å². The summed E-state index contributed by atoms with van der Waals surface area (Å²) in [4.78, 5) is 61.5. The third kappa shape index (κ3) is 11.7. The molecule has 4 amide bonds. The predicted octanol–water partition coefficient (Wildman–Crippen LogP) is -0.456. The van der Waals surface area contributed by atoms with Crippen molar-refractivity contribution in [1.82, 2.24) is 21.3 Å². The summed E-state index contributed by atoms with van der Waals surface area (Å²) in [5, 5.41) is 28.6. The van der Waals surface area contributed by atoms with Crippen molar-refractivity contribution in [3.8, 4) is 5.75 Å². The SMILES string of the molecule is CSCC[C@@H](NC(=O)[C@H](Cc1ccccc1)NC(=O)CNC(=O)CNC(=O)[C@@H](N)Cc1ccc(O)cc1)C(=O)O. The van der Waals surface area contributed by atoms with Gasteiger partial charge in [-0.3, -0.25) is 19.2 Å². The summed E-state index contributed by atoms with van der Waals surface area (Å²) >= 11 is 1.45. The smallest absolute Gasteiger partial charge is 0.326 e. The number of aromatic hydroxyl groups is 1. The number of hydrogen-bond acceptors (Lipinski definition) is 8. The predicted molar refractivity (Wildman–Crippen MR) is 150 cm³/mol. The lowest BCUT2D eigenvalue weighted by Crippen LogP contribution is -2.54. The molecule has 0 radical (unpaired) electrons. The zero-order valence-corrected chi connectivity index (χ0v) is 22.9. The molecule has 8 N–H and O–H groups in total. The van der Waals surface area contributed by atoms with E-state index < -0.39 is 60.8 Å². The number of carboxylic acid groups (broad SMARTS) is 1. The fourth-order valence-electron chi connectivity index (χ4n) is 3.59. The Kier molecular flexibility index (Phi) is 13.5. The maximum atomic E-state index is 12.9. The van der Waals surface area contributed by atoms with Gasteiger partial charge < -0.3 is 37.2 Å². The number of carbonyl (C=O) groups excluding carboxylic acids is 4. The number of phenols is 1. The first-order chi connectivity index (χ1) is 19.1. The van der Waals surface area contributed by atoms with E-state index in [1.54, 1.807) is 42.5 Å². The molecule has 0 bridgehead atoms. The number of carboxylic acids is 1. The van der Waals surface area contributed by atoms with Crippen LogP contribution in [0.15, 0.2) is 54.6 Å². The van der Waals surface area contributed by atoms with E-state index in [0.717, 1.165) is 11.1 Å². The minimum atomic E-state index is -1.18. The third-order valence-electron chi connectivity index (χ3n) is 5.76. The number of rotatable bonds is 16. The van der Waals surface area contributed by atoms with Crippen LogP contribution in [-0.2, 0) is 36.8 Å². The van der Waals surface area contributed by atoms with Crippen LogP contribution < -0.4 is 27.0 Å². The number of phenolic OH excluding ortho intramolecular Hbond substituents is 1. The van der Waals surface area contributed by atoms with Gasteiger partial charge in [0.2, 0.25) is 23.6 Å². The van der Waals surface area contributed by atoms with Crippen molar-refractivity contribution < 1.29 is 34.2 Å². The summed E-state index contributed by atoms with van der Waals surface area (Å²) in [6, 6.07) is 12.0. The molecule has 40 heavy (non-hydrogen) atoms. The second kappa shape index (κ2) is 16.8. The molecule has 0 saturated carbocycles. The average molecular weight is 574 g/mol. The molecule has 0 aliphatic rings. The molecule has 2 rings (SSSR count). The van der Waals surface area contributed by atoms with E-state index >= 15 is 0 Å². The molecule has 216 valence electrons. The number of hydrogen-bond donors (Lipinski definition) is 7. The van der Waals surface area contributed by atoms with Crippen LogP contribution >= 0.6 is 11.8 Å². The summed E-state index contributed by atoms with van der Waals surface area (Å²) in [6.07, 6.45) is 2.34. The number of amides is 4. The van der Waals surface area contributed by atoms with E-state index in [2.05, 4.69) is 21.3 Å². The summed E-state index contributed by atoms with van der Waals surface area (Å²) < 4.78 is 0. The maximum Gasteiger partial charge on any atom is 0.326 e. The monoisotopic (exact) mass is 573 g/mol. The van der Waals surface area contributed by atoms with Crippen molar-refractivity contribution in [3.05, 3.63) is 65.7 Å². The highest BCUT2D eigenvalue weighted by Gasteiger charge is 2.27. The number of carbonyl (C=O) groups is 5. The molecule has 13 heteroatoms. The van der Waals surface area contributed by atoms with Crippen molar-refractivity contribution in [2.24, 2.45) is 5.73 Å². The molecule has 3 atom stereocenters. The van der Waals surface area contributed by atoms with E-state index in [1.165, 1.54) is 23.9 Å². The summed E-state index contributed by atoms with van der Waals surface area (Å²) in [6.45, 7) is -0.888. The number of nitrogens with two attached hydrogens (primary N) is 1. The molecular formula is C27H35N5O7S. The molecule has 2 aromatic carbocycles. The third-order valence-corrected chi connectivity index (χ3v) is 6.40. The Hall–Kier alpha value is -4.10. The highest BCUT2D eigenvalue weighted by molar-refractivity contribution is 7.98. The molecule has 0 unspecified atom stereocenters. The van der Waals surface area contributed by atoms with Gasteiger partial charge in [-0.1, -0.05) is 42.5 Å². The van der Waals surface area contributed by atoms with Gasteiger partial charge in [0.05, 0.1) is 19.1 Å². The Morgan fingerprint density at radius 3 is 2.05 bits per heavy atom. The fraction of sp³-hybridized carbons (Fsp3) is 0.370. The number of thioether (sulfide) groups is 1. The largest absolute Gasteiger partial charge is 0.508 e. The second-order valence-corrected chi connectivity index (χ2v) is 9.95. The Morgan fingerprint density at radius 1 is 0.800 bits per heavy atom. The molecule has 0 heterocycles. The zero-order chi connectivity index (χ0) is 29.5. The average Bonchev–Trinajstić information content (AvgIpc) is 2.93. The quantitative estimate of drug-likeness (QED) is 0.139. The van der Waals surface area contributed by atoms with E-state index in [1.807, 2.05) is 6.26 Å². The van der Waals surface area contributed by atoms with Crippen LogP contribution in [-0.4, -0.2) is 83.0 Å².